The second-order valence-electron chi connectivity index (χ2n) is 5.37. The summed E-state index contributed by atoms with van der Waals surface area (Å²) in [5.74, 6) is -1.31. The number of hydrogen-bond donors (Lipinski definition) is 1. The van der Waals surface area contributed by atoms with E-state index in [1.54, 1.807) is 12.1 Å². The Bertz CT molecular complexity index is 746. The molecule has 3 rings (SSSR count). The van der Waals surface area contributed by atoms with Gasteiger partial charge in [-0.3, -0.25) is 4.79 Å². The Kier molecular flexibility index (Phi) is 3.86. The van der Waals surface area contributed by atoms with Gasteiger partial charge in [0.15, 0.2) is 0 Å². The number of fused-ring (bicyclic) bond motifs is 1. The third kappa shape index (κ3) is 2.58. The molecule has 0 amide bonds. The monoisotopic (exact) mass is 316 g/mol. The van der Waals surface area contributed by atoms with Gasteiger partial charge in [-0.15, -0.1) is 0 Å². The summed E-state index contributed by atoms with van der Waals surface area (Å²) in [5, 5.41) is 23.4. The molecule has 0 aliphatic heterocycles. The molecule has 112 valence electrons. The number of rotatable bonds is 2. The van der Waals surface area contributed by atoms with Crippen molar-refractivity contribution in [3.63, 3.8) is 0 Å². The van der Waals surface area contributed by atoms with Crippen molar-refractivity contribution in [2.24, 2.45) is 5.92 Å². The van der Waals surface area contributed by atoms with Crippen LogP contribution in [-0.2, 0) is 11.2 Å². The number of carboxylic acid groups (broad SMARTS) is 1. The third-order valence-electron chi connectivity index (χ3n) is 4.01. The lowest BCUT2D eigenvalue weighted by Gasteiger charge is -2.08. The Morgan fingerprint density at radius 3 is 2.73 bits per heavy atom. The molecule has 2 atom stereocenters. The quantitative estimate of drug-likeness (QED) is 0.855. The first kappa shape index (κ1) is 14.6. The van der Waals surface area contributed by atoms with Gasteiger partial charge in [-0.25, -0.2) is 0 Å². The van der Waals surface area contributed by atoms with Gasteiger partial charge in [0.25, 0.3) is 0 Å². The molecule has 2 aromatic rings. The van der Waals surface area contributed by atoms with E-state index >= 15 is 0 Å². The first-order chi connectivity index (χ1) is 10.6. The van der Waals surface area contributed by atoms with Gasteiger partial charge in [0, 0.05) is 22.6 Å². The van der Waals surface area contributed by atoms with Crippen LogP contribution in [0.3, 0.4) is 0 Å². The van der Waals surface area contributed by atoms with Crippen molar-refractivity contribution in [3.05, 3.63) is 40.6 Å². The molecule has 1 aromatic carbocycles. The highest BCUT2D eigenvalue weighted by Gasteiger charge is 2.33. The van der Waals surface area contributed by atoms with E-state index in [0.29, 0.717) is 34.9 Å². The largest absolute Gasteiger partial charge is 0.481 e. The summed E-state index contributed by atoms with van der Waals surface area (Å²) in [7, 11) is 0. The number of carbonyl (C=O) groups is 1. The van der Waals surface area contributed by atoms with Crippen molar-refractivity contribution in [2.45, 2.75) is 25.2 Å². The highest BCUT2D eigenvalue weighted by molar-refractivity contribution is 6.30. The molecule has 0 unspecified atom stereocenters. The minimum absolute atomic E-state index is 0.267. The van der Waals surface area contributed by atoms with E-state index in [9.17, 15) is 15.2 Å². The Morgan fingerprint density at radius 2 is 2.09 bits per heavy atom. The Hall–Kier alpha value is -2.32. The molecule has 0 bridgehead atoms. The van der Waals surface area contributed by atoms with Gasteiger partial charge in [-0.05, 0) is 25.0 Å². The van der Waals surface area contributed by atoms with E-state index in [-0.39, 0.29) is 6.42 Å². The fourth-order valence-electron chi connectivity index (χ4n) is 2.83. The van der Waals surface area contributed by atoms with Crippen LogP contribution in [-0.4, -0.2) is 16.2 Å². The van der Waals surface area contributed by atoms with Crippen molar-refractivity contribution in [2.75, 3.05) is 0 Å². The van der Waals surface area contributed by atoms with Crippen molar-refractivity contribution in [3.8, 4) is 17.3 Å². The number of benzene rings is 1. The lowest BCUT2D eigenvalue weighted by molar-refractivity contribution is -0.142. The van der Waals surface area contributed by atoms with E-state index < -0.39 is 17.8 Å². The zero-order valence-corrected chi connectivity index (χ0v) is 12.4. The van der Waals surface area contributed by atoms with Crippen LogP contribution >= 0.6 is 11.6 Å². The predicted octanol–water partition coefficient (Wildman–Crippen LogP) is 3.64. The van der Waals surface area contributed by atoms with Crippen LogP contribution < -0.4 is 0 Å². The minimum atomic E-state index is -0.867. The summed E-state index contributed by atoms with van der Waals surface area (Å²) in [6.45, 7) is 0. The van der Waals surface area contributed by atoms with Crippen LogP contribution in [0.5, 0.6) is 0 Å². The highest BCUT2D eigenvalue weighted by Crippen LogP contribution is 2.39. The molecular weight excluding hydrogens is 304 g/mol. The Morgan fingerprint density at radius 1 is 1.36 bits per heavy atom. The fourth-order valence-corrected chi connectivity index (χ4v) is 2.96. The SMILES string of the molecule is N#C[C@H]1CC[C@@H](C(=O)O)Cc2onc(-c3ccc(Cl)cc3)c21. The maximum atomic E-state index is 11.3. The molecule has 22 heavy (non-hydrogen) atoms. The van der Waals surface area contributed by atoms with Crippen LogP contribution in [0.25, 0.3) is 11.3 Å². The number of hydrogen-bond acceptors (Lipinski definition) is 4. The zero-order valence-electron chi connectivity index (χ0n) is 11.6. The average Bonchev–Trinajstić information content (AvgIpc) is 2.82. The summed E-state index contributed by atoms with van der Waals surface area (Å²) in [6.07, 6.45) is 1.21. The normalized spacial score (nSPS) is 20.7. The van der Waals surface area contributed by atoms with Crippen molar-refractivity contribution >= 4 is 17.6 Å². The number of aliphatic carboxylic acids is 1. The minimum Gasteiger partial charge on any atom is -0.481 e. The number of nitrogens with zero attached hydrogens (tertiary/aromatic N) is 2. The van der Waals surface area contributed by atoms with Crippen LogP contribution in [0.15, 0.2) is 28.8 Å². The van der Waals surface area contributed by atoms with Crippen LogP contribution in [0.1, 0.15) is 30.1 Å². The van der Waals surface area contributed by atoms with Crippen molar-refractivity contribution in [1.82, 2.24) is 5.16 Å². The van der Waals surface area contributed by atoms with Gasteiger partial charge in [0.05, 0.1) is 17.9 Å². The molecule has 0 fully saturated rings. The van der Waals surface area contributed by atoms with Crippen LogP contribution in [0.2, 0.25) is 5.02 Å². The van der Waals surface area contributed by atoms with Crippen LogP contribution in [0, 0.1) is 17.2 Å². The molecule has 0 radical (unpaired) electrons. The molecule has 1 aliphatic carbocycles. The standard InChI is InChI=1S/C16H13ClN2O3/c17-12-5-3-9(4-6-12)15-14-11(8-18)2-1-10(16(20)21)7-13(14)22-19-15/h3-6,10-11H,1-2,7H2,(H,20,21)/t10-,11-/m1/s1. The first-order valence-corrected chi connectivity index (χ1v) is 7.34. The zero-order chi connectivity index (χ0) is 15.7. The number of nitriles is 1. The molecule has 0 spiro atoms. The molecule has 0 saturated heterocycles. The first-order valence-electron chi connectivity index (χ1n) is 6.97. The molecule has 5 nitrogen and oxygen atoms in total. The van der Waals surface area contributed by atoms with Crippen molar-refractivity contribution in [1.29, 1.82) is 5.26 Å². The summed E-state index contributed by atoms with van der Waals surface area (Å²) >= 11 is 5.89. The molecular formula is C16H13ClN2O3. The van der Waals surface area contributed by atoms with E-state index in [1.165, 1.54) is 0 Å². The Labute approximate surface area is 132 Å². The molecule has 1 aromatic heterocycles. The lowest BCUT2D eigenvalue weighted by atomic mass is 9.93. The second-order valence-corrected chi connectivity index (χ2v) is 5.81. The lowest BCUT2D eigenvalue weighted by Crippen LogP contribution is -2.15. The summed E-state index contributed by atoms with van der Waals surface area (Å²) in [4.78, 5) is 11.3. The number of carboxylic acids is 1. The maximum absolute atomic E-state index is 11.3. The van der Waals surface area contributed by atoms with E-state index in [2.05, 4.69) is 11.2 Å². The van der Waals surface area contributed by atoms with E-state index in [1.807, 2.05) is 12.1 Å². The second kappa shape index (κ2) is 5.82. The Balaban J connectivity index is 2.07. The van der Waals surface area contributed by atoms with Gasteiger partial charge in [-0.2, -0.15) is 5.26 Å². The van der Waals surface area contributed by atoms with Crippen LogP contribution in [0.4, 0.5) is 0 Å². The van der Waals surface area contributed by atoms with Gasteiger partial charge in [-0.1, -0.05) is 28.9 Å². The molecule has 1 aliphatic rings. The van der Waals surface area contributed by atoms with Crippen molar-refractivity contribution < 1.29 is 14.4 Å². The predicted molar refractivity (Wildman–Crippen MR) is 79.4 cm³/mol. The van der Waals surface area contributed by atoms with Gasteiger partial charge in [0.1, 0.15) is 11.5 Å². The van der Waals surface area contributed by atoms with E-state index in [4.69, 9.17) is 16.1 Å². The molecule has 1 heterocycles. The average molecular weight is 317 g/mol. The van der Waals surface area contributed by atoms with Gasteiger partial charge < -0.3 is 9.63 Å². The summed E-state index contributed by atoms with van der Waals surface area (Å²) in [6, 6.07) is 9.37. The summed E-state index contributed by atoms with van der Waals surface area (Å²) in [5.41, 5.74) is 2.13. The fraction of sp³-hybridized carbons (Fsp3) is 0.312. The topological polar surface area (TPSA) is 87.1 Å². The third-order valence-corrected chi connectivity index (χ3v) is 4.26. The van der Waals surface area contributed by atoms with Gasteiger partial charge in [0.2, 0.25) is 0 Å². The molecule has 1 N–H and O–H groups in total. The van der Waals surface area contributed by atoms with Gasteiger partial charge >= 0.3 is 5.97 Å². The number of halogens is 1. The molecule has 0 saturated carbocycles. The summed E-state index contributed by atoms with van der Waals surface area (Å²) < 4.78 is 5.37. The number of aromatic nitrogens is 1. The molecule has 6 heteroatoms. The maximum Gasteiger partial charge on any atom is 0.306 e. The smallest absolute Gasteiger partial charge is 0.306 e. The van der Waals surface area contributed by atoms with E-state index in [0.717, 1.165) is 5.56 Å². The highest BCUT2D eigenvalue weighted by atomic mass is 35.5.